The number of hydrogen-bond donors (Lipinski definition) is 2. The maximum Gasteiger partial charge on any atom is 0.273 e. The van der Waals surface area contributed by atoms with Gasteiger partial charge in [0.1, 0.15) is 11.9 Å². The summed E-state index contributed by atoms with van der Waals surface area (Å²) in [6, 6.07) is 12.9. The Morgan fingerprint density at radius 3 is 2.57 bits per heavy atom. The topological polar surface area (TPSA) is 87.5 Å². The third-order valence-corrected chi connectivity index (χ3v) is 6.60. The van der Waals surface area contributed by atoms with Crippen LogP contribution in [-0.2, 0) is 11.3 Å². The van der Waals surface area contributed by atoms with Crippen molar-refractivity contribution in [3.63, 3.8) is 0 Å². The van der Waals surface area contributed by atoms with Crippen molar-refractivity contribution in [3.05, 3.63) is 65.6 Å². The molecule has 1 fully saturated rings. The number of hydrogen-bond acceptors (Lipinski definition) is 4. The third kappa shape index (κ3) is 5.53. The number of amides is 2. The number of rotatable bonds is 6. The van der Waals surface area contributed by atoms with E-state index in [1.54, 1.807) is 21.7 Å². The predicted molar refractivity (Wildman–Crippen MR) is 132 cm³/mol. The van der Waals surface area contributed by atoms with Crippen LogP contribution in [0.2, 0.25) is 0 Å². The molecule has 1 aliphatic heterocycles. The summed E-state index contributed by atoms with van der Waals surface area (Å²) in [6.45, 7) is 7.32. The number of halogens is 1. The molecule has 2 heterocycles. The molecular weight excluding hydrogens is 447 g/mol. The average Bonchev–Trinajstić information content (AvgIpc) is 3.21. The van der Waals surface area contributed by atoms with Crippen LogP contribution in [0, 0.1) is 17.2 Å². The number of likely N-dealkylation sites (tertiary alicyclic amines) is 1. The van der Waals surface area contributed by atoms with Crippen LogP contribution in [0.15, 0.2) is 48.5 Å². The van der Waals surface area contributed by atoms with Gasteiger partial charge in [-0.25, -0.2) is 4.39 Å². The van der Waals surface area contributed by atoms with Gasteiger partial charge in [0.05, 0.1) is 12.1 Å². The van der Waals surface area contributed by atoms with E-state index in [-0.39, 0.29) is 29.9 Å². The van der Waals surface area contributed by atoms with Crippen molar-refractivity contribution >= 4 is 22.7 Å². The Hall–Kier alpha value is -3.26. The Morgan fingerprint density at radius 1 is 1.17 bits per heavy atom. The number of aromatic nitrogens is 2. The van der Waals surface area contributed by atoms with Crippen LogP contribution < -0.4 is 5.32 Å². The van der Waals surface area contributed by atoms with Gasteiger partial charge in [0.25, 0.3) is 5.91 Å². The fourth-order valence-electron chi connectivity index (χ4n) is 4.62. The molecule has 0 saturated carbocycles. The Bertz CT molecular complexity index is 1200. The van der Waals surface area contributed by atoms with Gasteiger partial charge in [0.2, 0.25) is 5.91 Å². The lowest BCUT2D eigenvalue weighted by Gasteiger charge is -2.38. The van der Waals surface area contributed by atoms with E-state index in [4.69, 9.17) is 0 Å². The summed E-state index contributed by atoms with van der Waals surface area (Å²) in [7, 11) is 0. The number of benzene rings is 2. The smallest absolute Gasteiger partial charge is 0.273 e. The first-order valence-electron chi connectivity index (χ1n) is 12.1. The van der Waals surface area contributed by atoms with Crippen LogP contribution in [0.25, 0.3) is 10.9 Å². The van der Waals surface area contributed by atoms with Crippen LogP contribution >= 0.6 is 0 Å². The van der Waals surface area contributed by atoms with Crippen LogP contribution in [-0.4, -0.2) is 57.3 Å². The first-order chi connectivity index (χ1) is 16.7. The quantitative estimate of drug-likeness (QED) is 0.564. The summed E-state index contributed by atoms with van der Waals surface area (Å²) in [5.74, 6) is -0.798. The highest BCUT2D eigenvalue weighted by molar-refractivity contribution is 6.06. The monoisotopic (exact) mass is 480 g/mol. The molecule has 0 radical (unpaired) electrons. The summed E-state index contributed by atoms with van der Waals surface area (Å²) < 4.78 is 15.1. The number of aliphatic hydroxyl groups is 1. The van der Waals surface area contributed by atoms with E-state index in [1.165, 1.54) is 12.1 Å². The molecule has 2 atom stereocenters. The molecule has 186 valence electrons. The van der Waals surface area contributed by atoms with E-state index < -0.39 is 17.4 Å². The fourth-order valence-corrected chi connectivity index (χ4v) is 4.62. The first-order valence-corrected chi connectivity index (χ1v) is 12.1. The van der Waals surface area contributed by atoms with Crippen molar-refractivity contribution in [1.82, 2.24) is 20.0 Å². The molecule has 8 heteroatoms. The zero-order valence-electron chi connectivity index (χ0n) is 20.5. The molecule has 35 heavy (non-hydrogen) atoms. The van der Waals surface area contributed by atoms with Gasteiger partial charge in [-0.05, 0) is 47.9 Å². The van der Waals surface area contributed by atoms with Crippen molar-refractivity contribution < 1.29 is 19.1 Å². The van der Waals surface area contributed by atoms with Crippen LogP contribution in [0.5, 0.6) is 0 Å². The van der Waals surface area contributed by atoms with Crippen molar-refractivity contribution in [3.8, 4) is 0 Å². The number of para-hydroxylation sites is 1. The lowest BCUT2D eigenvalue weighted by Crippen LogP contribution is -2.56. The summed E-state index contributed by atoms with van der Waals surface area (Å²) in [6.07, 6.45) is 1.73. The van der Waals surface area contributed by atoms with Gasteiger partial charge in [-0.15, -0.1) is 0 Å². The molecule has 2 N–H and O–H groups in total. The van der Waals surface area contributed by atoms with Gasteiger partial charge in [0, 0.05) is 25.1 Å². The number of piperidine rings is 1. The lowest BCUT2D eigenvalue weighted by atomic mass is 9.85. The van der Waals surface area contributed by atoms with Crippen molar-refractivity contribution in [2.45, 2.75) is 46.2 Å². The summed E-state index contributed by atoms with van der Waals surface area (Å²) in [5.41, 5.74) is 1.36. The van der Waals surface area contributed by atoms with E-state index in [9.17, 15) is 19.1 Å². The zero-order valence-corrected chi connectivity index (χ0v) is 20.5. The van der Waals surface area contributed by atoms with Crippen LogP contribution in [0.4, 0.5) is 4.39 Å². The van der Waals surface area contributed by atoms with Crippen molar-refractivity contribution in [1.29, 1.82) is 0 Å². The predicted octanol–water partition coefficient (Wildman–Crippen LogP) is 3.60. The summed E-state index contributed by atoms with van der Waals surface area (Å²) >= 11 is 0. The van der Waals surface area contributed by atoms with Crippen LogP contribution in [0.3, 0.4) is 0 Å². The van der Waals surface area contributed by atoms with E-state index in [0.717, 1.165) is 23.9 Å². The minimum atomic E-state index is -0.742. The van der Waals surface area contributed by atoms with Crippen molar-refractivity contribution in [2.75, 3.05) is 19.7 Å². The van der Waals surface area contributed by atoms with Gasteiger partial charge in [0.15, 0.2) is 5.69 Å². The average molecular weight is 481 g/mol. The molecule has 4 rings (SSSR count). The Kier molecular flexibility index (Phi) is 7.21. The number of carbonyl (C=O) groups excluding carboxylic acids is 2. The third-order valence-electron chi connectivity index (χ3n) is 6.60. The number of nitrogens with one attached hydrogen (secondary N) is 1. The second kappa shape index (κ2) is 10.2. The fraction of sp³-hybridized carbons (Fsp3) is 0.444. The minimum absolute atomic E-state index is 0.0494. The molecule has 1 saturated heterocycles. The number of nitrogens with zero attached hydrogens (tertiary/aromatic N) is 3. The maximum atomic E-state index is 13.5. The van der Waals surface area contributed by atoms with E-state index in [2.05, 4.69) is 10.4 Å². The molecule has 1 aromatic heterocycles. The number of aliphatic hydroxyl groups excluding tert-OH is 1. The van der Waals surface area contributed by atoms with E-state index >= 15 is 0 Å². The van der Waals surface area contributed by atoms with Crippen molar-refractivity contribution in [2.24, 2.45) is 11.3 Å². The molecule has 7 nitrogen and oxygen atoms in total. The molecule has 0 spiro atoms. The Balaban J connectivity index is 1.60. The van der Waals surface area contributed by atoms with Gasteiger partial charge < -0.3 is 15.3 Å². The summed E-state index contributed by atoms with van der Waals surface area (Å²) in [5, 5.41) is 17.8. The minimum Gasteiger partial charge on any atom is -0.396 e. The molecule has 0 bridgehead atoms. The highest BCUT2D eigenvalue weighted by atomic mass is 19.1. The van der Waals surface area contributed by atoms with E-state index in [1.807, 2.05) is 45.0 Å². The van der Waals surface area contributed by atoms with E-state index in [0.29, 0.717) is 25.0 Å². The molecular formula is C27H33FN4O3. The zero-order chi connectivity index (χ0) is 25.2. The van der Waals surface area contributed by atoms with Crippen LogP contribution in [0.1, 0.15) is 49.7 Å². The largest absolute Gasteiger partial charge is 0.396 e. The second-order valence-corrected chi connectivity index (χ2v) is 10.4. The molecule has 2 unspecified atom stereocenters. The summed E-state index contributed by atoms with van der Waals surface area (Å²) in [4.78, 5) is 28.7. The normalized spacial score (nSPS) is 17.4. The standard InChI is InChI=1S/C27H33FN4O3/c1-27(2,3)24(26(35)31-14-6-7-19(15-31)17-33)29-25(34)23-21-8-4-5-9-22(21)32(30-23)16-18-10-12-20(28)13-11-18/h4-5,8-13,19,24,33H,6-7,14-17H2,1-3H3,(H,29,34). The molecule has 1 aliphatic rings. The van der Waals surface area contributed by atoms with Gasteiger partial charge in [-0.3, -0.25) is 14.3 Å². The van der Waals surface area contributed by atoms with Gasteiger partial charge in [-0.2, -0.15) is 5.10 Å². The molecule has 3 aromatic rings. The SMILES string of the molecule is CC(C)(C)C(NC(=O)c1nn(Cc2ccc(F)cc2)c2ccccc12)C(=O)N1CCCC(CO)C1. The number of carbonyl (C=O) groups is 2. The van der Waals surface area contributed by atoms with Gasteiger partial charge in [-0.1, -0.05) is 51.1 Å². The second-order valence-electron chi connectivity index (χ2n) is 10.4. The highest BCUT2D eigenvalue weighted by Gasteiger charge is 2.38. The van der Waals surface area contributed by atoms with Gasteiger partial charge >= 0.3 is 0 Å². The Labute approximate surface area is 204 Å². The molecule has 2 amide bonds. The first kappa shape index (κ1) is 24.9. The number of fused-ring (bicyclic) bond motifs is 1. The molecule has 0 aliphatic carbocycles. The Morgan fingerprint density at radius 2 is 1.89 bits per heavy atom. The lowest BCUT2D eigenvalue weighted by molar-refractivity contribution is -0.138. The molecule has 2 aromatic carbocycles. The maximum absolute atomic E-state index is 13.5. The highest BCUT2D eigenvalue weighted by Crippen LogP contribution is 2.26.